The molecule has 0 spiro atoms. The van der Waals surface area contributed by atoms with Crippen LogP contribution in [0.15, 0.2) is 59.2 Å². The minimum atomic E-state index is -0.342. The summed E-state index contributed by atoms with van der Waals surface area (Å²) in [5.74, 6) is 0.289. The minimum Gasteiger partial charge on any atom is -0.471 e. The monoisotopic (exact) mass is 506 g/mol. The zero-order valence-corrected chi connectivity index (χ0v) is 19.0. The lowest BCUT2D eigenvalue weighted by molar-refractivity contribution is 0.0621. The Balaban J connectivity index is 1.28. The Bertz CT molecular complexity index is 1050. The molecule has 0 N–H and O–H groups in total. The molecule has 0 aliphatic carbocycles. The Morgan fingerprint density at radius 3 is 2.55 bits per heavy atom. The minimum absolute atomic E-state index is 0.0955. The summed E-state index contributed by atoms with van der Waals surface area (Å²) in [5.41, 5.74) is 1.28. The molecule has 1 amide bonds. The molecule has 1 aliphatic heterocycles. The molecule has 0 radical (unpaired) electrons. The highest BCUT2D eigenvalue weighted by Crippen LogP contribution is 2.20. The van der Waals surface area contributed by atoms with Gasteiger partial charge in [0.2, 0.25) is 0 Å². The van der Waals surface area contributed by atoms with Crippen LogP contribution in [0.3, 0.4) is 0 Å². The SMILES string of the molecule is O=C(c1ccn(COc2ccc(Br)cc2)n1)N1CCN(Cc2ccc(F)cc2Cl)CC1. The summed E-state index contributed by atoms with van der Waals surface area (Å²) in [6, 6.07) is 13.7. The average molecular weight is 508 g/mol. The first-order chi connectivity index (χ1) is 15.0. The van der Waals surface area contributed by atoms with E-state index in [0.717, 1.165) is 15.8 Å². The first-order valence-electron chi connectivity index (χ1n) is 9.85. The molecule has 0 bridgehead atoms. The highest BCUT2D eigenvalue weighted by molar-refractivity contribution is 9.10. The van der Waals surface area contributed by atoms with Crippen molar-refractivity contribution in [3.05, 3.63) is 81.3 Å². The van der Waals surface area contributed by atoms with E-state index in [4.69, 9.17) is 16.3 Å². The van der Waals surface area contributed by atoms with Gasteiger partial charge >= 0.3 is 0 Å². The van der Waals surface area contributed by atoms with Gasteiger partial charge in [-0.3, -0.25) is 9.69 Å². The molecule has 2 heterocycles. The zero-order chi connectivity index (χ0) is 21.8. The van der Waals surface area contributed by atoms with Crippen LogP contribution in [-0.4, -0.2) is 51.7 Å². The largest absolute Gasteiger partial charge is 0.471 e. The molecule has 1 aromatic heterocycles. The molecule has 3 aromatic rings. The van der Waals surface area contributed by atoms with Crippen LogP contribution in [0.25, 0.3) is 0 Å². The van der Waals surface area contributed by atoms with Gasteiger partial charge in [-0.1, -0.05) is 33.6 Å². The van der Waals surface area contributed by atoms with Crippen LogP contribution < -0.4 is 4.74 Å². The molecule has 1 aliphatic rings. The fourth-order valence-corrected chi connectivity index (χ4v) is 3.87. The second kappa shape index (κ2) is 9.80. The number of hydrogen-bond acceptors (Lipinski definition) is 4. The smallest absolute Gasteiger partial charge is 0.274 e. The van der Waals surface area contributed by atoms with Gasteiger partial charge in [0.15, 0.2) is 12.4 Å². The highest BCUT2D eigenvalue weighted by atomic mass is 79.9. The Hall–Kier alpha value is -2.42. The van der Waals surface area contributed by atoms with E-state index >= 15 is 0 Å². The standard InChI is InChI=1S/C22H21BrClFN4O2/c23-17-2-5-19(6-3-17)31-15-29-8-7-21(26-29)22(30)28-11-9-27(10-12-28)14-16-1-4-18(25)13-20(16)24/h1-8,13H,9-12,14-15H2. The van der Waals surface area contributed by atoms with E-state index in [1.807, 2.05) is 24.3 Å². The summed E-state index contributed by atoms with van der Waals surface area (Å²) >= 11 is 9.51. The van der Waals surface area contributed by atoms with Crippen LogP contribution >= 0.6 is 27.5 Å². The number of hydrogen-bond donors (Lipinski definition) is 0. The van der Waals surface area contributed by atoms with Crippen molar-refractivity contribution in [3.63, 3.8) is 0 Å². The summed E-state index contributed by atoms with van der Waals surface area (Å²) in [7, 11) is 0. The van der Waals surface area contributed by atoms with Gasteiger partial charge in [-0.25, -0.2) is 9.07 Å². The predicted octanol–water partition coefficient (Wildman–Crippen LogP) is 4.43. The molecule has 0 unspecified atom stereocenters. The lowest BCUT2D eigenvalue weighted by Gasteiger charge is -2.34. The van der Waals surface area contributed by atoms with Crippen molar-refractivity contribution in [2.45, 2.75) is 13.3 Å². The third-order valence-corrected chi connectivity index (χ3v) is 5.99. The van der Waals surface area contributed by atoms with Crippen LogP contribution in [0.5, 0.6) is 5.75 Å². The second-order valence-electron chi connectivity index (χ2n) is 7.27. The van der Waals surface area contributed by atoms with Crippen LogP contribution in [0.4, 0.5) is 4.39 Å². The molecule has 0 atom stereocenters. The third kappa shape index (κ3) is 5.64. The van der Waals surface area contributed by atoms with Gasteiger partial charge in [0.05, 0.1) is 0 Å². The number of rotatable bonds is 6. The van der Waals surface area contributed by atoms with Gasteiger partial charge in [-0.15, -0.1) is 0 Å². The number of aromatic nitrogens is 2. The highest BCUT2D eigenvalue weighted by Gasteiger charge is 2.24. The summed E-state index contributed by atoms with van der Waals surface area (Å²) in [6.45, 7) is 3.48. The van der Waals surface area contributed by atoms with E-state index in [9.17, 15) is 9.18 Å². The number of halogens is 3. The average Bonchev–Trinajstić information content (AvgIpc) is 3.24. The molecule has 6 nitrogen and oxygen atoms in total. The lowest BCUT2D eigenvalue weighted by atomic mass is 10.2. The molecule has 4 rings (SSSR count). The molecule has 162 valence electrons. The fourth-order valence-electron chi connectivity index (χ4n) is 3.38. The van der Waals surface area contributed by atoms with Gasteiger partial charge in [-0.2, -0.15) is 5.10 Å². The van der Waals surface area contributed by atoms with Gasteiger partial charge in [0, 0.05) is 48.4 Å². The van der Waals surface area contributed by atoms with E-state index in [2.05, 4.69) is 25.9 Å². The van der Waals surface area contributed by atoms with Gasteiger partial charge in [0.1, 0.15) is 11.6 Å². The van der Waals surface area contributed by atoms with Crippen molar-refractivity contribution in [1.29, 1.82) is 0 Å². The Morgan fingerprint density at radius 1 is 1.10 bits per heavy atom. The van der Waals surface area contributed by atoms with Crippen LogP contribution in [-0.2, 0) is 13.3 Å². The number of piperazine rings is 1. The maximum Gasteiger partial charge on any atom is 0.274 e. The van der Waals surface area contributed by atoms with Crippen LogP contribution in [0.1, 0.15) is 16.1 Å². The fraction of sp³-hybridized carbons (Fsp3) is 0.273. The first kappa shape index (κ1) is 21.8. The van der Waals surface area contributed by atoms with E-state index in [1.165, 1.54) is 12.1 Å². The van der Waals surface area contributed by atoms with E-state index in [1.54, 1.807) is 27.9 Å². The Morgan fingerprint density at radius 2 is 1.84 bits per heavy atom. The number of amides is 1. The summed E-state index contributed by atoms with van der Waals surface area (Å²) in [4.78, 5) is 16.8. The summed E-state index contributed by atoms with van der Waals surface area (Å²) in [5, 5.41) is 4.77. The molecule has 0 saturated carbocycles. The number of benzene rings is 2. The first-order valence-corrected chi connectivity index (χ1v) is 11.0. The molecular weight excluding hydrogens is 487 g/mol. The Labute approximate surface area is 193 Å². The van der Waals surface area contributed by atoms with Crippen molar-refractivity contribution in [2.75, 3.05) is 26.2 Å². The number of nitrogens with zero attached hydrogens (tertiary/aromatic N) is 4. The molecule has 1 saturated heterocycles. The third-order valence-electron chi connectivity index (χ3n) is 5.11. The van der Waals surface area contributed by atoms with Crippen LogP contribution in [0, 0.1) is 5.82 Å². The summed E-state index contributed by atoms with van der Waals surface area (Å²) in [6.07, 6.45) is 1.73. The van der Waals surface area contributed by atoms with Crippen molar-refractivity contribution < 1.29 is 13.9 Å². The van der Waals surface area contributed by atoms with Gasteiger partial charge in [0.25, 0.3) is 5.91 Å². The molecule has 9 heteroatoms. The molecular formula is C22H21BrClFN4O2. The van der Waals surface area contributed by atoms with Gasteiger partial charge in [-0.05, 0) is 48.0 Å². The van der Waals surface area contributed by atoms with Crippen LogP contribution in [0.2, 0.25) is 5.02 Å². The van der Waals surface area contributed by atoms with Crippen molar-refractivity contribution >= 4 is 33.4 Å². The number of ether oxygens (including phenoxy) is 1. The second-order valence-corrected chi connectivity index (χ2v) is 8.59. The van der Waals surface area contributed by atoms with Crippen molar-refractivity contribution in [2.24, 2.45) is 0 Å². The quantitative estimate of drug-likeness (QED) is 0.495. The topological polar surface area (TPSA) is 50.6 Å². The molecule has 2 aromatic carbocycles. The number of carbonyl (C=O) groups excluding carboxylic acids is 1. The molecule has 31 heavy (non-hydrogen) atoms. The zero-order valence-electron chi connectivity index (χ0n) is 16.7. The maximum atomic E-state index is 13.2. The van der Waals surface area contributed by atoms with E-state index < -0.39 is 0 Å². The normalized spacial score (nSPS) is 14.6. The lowest BCUT2D eigenvalue weighted by Crippen LogP contribution is -2.48. The maximum absolute atomic E-state index is 13.2. The molecule has 1 fully saturated rings. The predicted molar refractivity (Wildman–Crippen MR) is 120 cm³/mol. The van der Waals surface area contributed by atoms with Crippen molar-refractivity contribution in [3.8, 4) is 5.75 Å². The Kier molecular flexibility index (Phi) is 6.89. The number of carbonyl (C=O) groups is 1. The van der Waals surface area contributed by atoms with E-state index in [0.29, 0.717) is 43.4 Å². The van der Waals surface area contributed by atoms with Crippen molar-refractivity contribution in [1.82, 2.24) is 19.6 Å². The summed E-state index contributed by atoms with van der Waals surface area (Å²) < 4.78 is 21.5. The van der Waals surface area contributed by atoms with E-state index in [-0.39, 0.29) is 18.5 Å². The van der Waals surface area contributed by atoms with Gasteiger partial charge < -0.3 is 9.64 Å².